The number of pyridine rings is 1. The van der Waals surface area contributed by atoms with Crippen LogP contribution in [0.1, 0.15) is 37.6 Å². The van der Waals surface area contributed by atoms with Gasteiger partial charge in [-0.1, -0.05) is 6.92 Å². The van der Waals surface area contributed by atoms with Crippen LogP contribution < -0.4 is 10.2 Å². The molecule has 1 heterocycles. The fourth-order valence-corrected chi connectivity index (χ4v) is 2.85. The number of aryl methyl sites for hydroxylation is 2. The Morgan fingerprint density at radius 3 is 2.43 bits per heavy atom. The molecule has 1 N–H and O–H groups in total. The maximum atomic E-state index is 4.85. The molecule has 0 bridgehead atoms. The van der Waals surface area contributed by atoms with Crippen molar-refractivity contribution in [3.63, 3.8) is 0 Å². The average Bonchev–Trinajstić information content (AvgIpc) is 2.37. The number of nitrogens with zero attached hydrogens (tertiary/aromatic N) is 3. The Labute approximate surface area is 130 Å². The molecule has 0 radical (unpaired) electrons. The fraction of sp³-hybridized carbons (Fsp3) is 0.706. The molecule has 1 aromatic heterocycles. The van der Waals surface area contributed by atoms with Gasteiger partial charge in [-0.05, 0) is 60.0 Å². The summed E-state index contributed by atoms with van der Waals surface area (Å²) in [5.74, 6) is 1.14. The third-order valence-corrected chi connectivity index (χ3v) is 3.78. The number of hydrogen-bond donors (Lipinski definition) is 1. The van der Waals surface area contributed by atoms with Crippen LogP contribution in [0.3, 0.4) is 0 Å². The van der Waals surface area contributed by atoms with Crippen molar-refractivity contribution in [1.82, 2.24) is 15.2 Å². The van der Waals surface area contributed by atoms with Crippen LogP contribution in [0, 0.1) is 13.8 Å². The molecule has 0 aliphatic rings. The van der Waals surface area contributed by atoms with Gasteiger partial charge in [0, 0.05) is 36.9 Å². The molecule has 120 valence electrons. The highest BCUT2D eigenvalue weighted by atomic mass is 15.2. The molecule has 1 atom stereocenters. The molecule has 0 aliphatic heterocycles. The monoisotopic (exact) mass is 292 g/mol. The second-order valence-corrected chi connectivity index (χ2v) is 6.06. The lowest BCUT2D eigenvalue weighted by atomic mass is 10.1. The highest BCUT2D eigenvalue weighted by Gasteiger charge is 2.19. The SMILES string of the molecule is CCNCc1c(C)cc(C)nc1N(CC)C(C)CN(C)C. The molecule has 0 aromatic carbocycles. The van der Waals surface area contributed by atoms with E-state index in [0.717, 1.165) is 37.7 Å². The Morgan fingerprint density at radius 2 is 1.90 bits per heavy atom. The molecule has 0 spiro atoms. The summed E-state index contributed by atoms with van der Waals surface area (Å²) in [6.45, 7) is 14.8. The van der Waals surface area contributed by atoms with Crippen LogP contribution in [0.2, 0.25) is 0 Å². The Kier molecular flexibility index (Phi) is 7.12. The topological polar surface area (TPSA) is 31.4 Å². The van der Waals surface area contributed by atoms with Gasteiger partial charge in [-0.25, -0.2) is 4.98 Å². The average molecular weight is 292 g/mol. The molecular weight excluding hydrogens is 260 g/mol. The molecule has 0 amide bonds. The number of nitrogens with one attached hydrogen (secondary N) is 1. The largest absolute Gasteiger partial charge is 0.353 e. The van der Waals surface area contributed by atoms with Crippen LogP contribution in [0.25, 0.3) is 0 Å². The van der Waals surface area contributed by atoms with Crippen LogP contribution in [-0.2, 0) is 6.54 Å². The van der Waals surface area contributed by atoms with Crippen molar-refractivity contribution < 1.29 is 0 Å². The lowest BCUT2D eigenvalue weighted by molar-refractivity contribution is 0.372. The molecule has 4 heteroatoms. The van der Waals surface area contributed by atoms with Crippen LogP contribution in [0.4, 0.5) is 5.82 Å². The van der Waals surface area contributed by atoms with E-state index in [1.807, 2.05) is 0 Å². The van der Waals surface area contributed by atoms with E-state index in [4.69, 9.17) is 4.98 Å². The summed E-state index contributed by atoms with van der Waals surface area (Å²) in [5, 5.41) is 3.45. The van der Waals surface area contributed by atoms with Crippen molar-refractivity contribution in [2.75, 3.05) is 38.6 Å². The summed E-state index contributed by atoms with van der Waals surface area (Å²) in [6.07, 6.45) is 0. The normalized spacial score (nSPS) is 12.8. The number of rotatable bonds is 8. The predicted octanol–water partition coefficient (Wildman–Crippen LogP) is 2.58. The van der Waals surface area contributed by atoms with E-state index in [1.165, 1.54) is 11.1 Å². The molecule has 21 heavy (non-hydrogen) atoms. The molecule has 1 aromatic rings. The lowest BCUT2D eigenvalue weighted by Crippen LogP contribution is -2.41. The van der Waals surface area contributed by atoms with Gasteiger partial charge in [0.05, 0.1) is 0 Å². The molecule has 0 saturated heterocycles. The Bertz CT molecular complexity index is 443. The van der Waals surface area contributed by atoms with Gasteiger partial charge in [0.15, 0.2) is 0 Å². The van der Waals surface area contributed by atoms with Crippen LogP contribution in [0.5, 0.6) is 0 Å². The zero-order valence-corrected chi connectivity index (χ0v) is 14.8. The van der Waals surface area contributed by atoms with E-state index >= 15 is 0 Å². The van der Waals surface area contributed by atoms with Crippen molar-refractivity contribution in [2.24, 2.45) is 0 Å². The summed E-state index contributed by atoms with van der Waals surface area (Å²) in [5.41, 5.74) is 3.75. The van der Waals surface area contributed by atoms with Gasteiger partial charge >= 0.3 is 0 Å². The lowest BCUT2D eigenvalue weighted by Gasteiger charge is -2.33. The second kappa shape index (κ2) is 8.35. The van der Waals surface area contributed by atoms with Crippen LogP contribution in [-0.4, -0.2) is 49.7 Å². The first-order valence-corrected chi connectivity index (χ1v) is 7.99. The van der Waals surface area contributed by atoms with Gasteiger partial charge < -0.3 is 15.1 Å². The van der Waals surface area contributed by atoms with Crippen molar-refractivity contribution in [1.29, 1.82) is 0 Å². The smallest absolute Gasteiger partial charge is 0.133 e. The van der Waals surface area contributed by atoms with Gasteiger partial charge in [-0.15, -0.1) is 0 Å². The van der Waals surface area contributed by atoms with Crippen molar-refractivity contribution in [3.05, 3.63) is 22.9 Å². The first-order valence-electron chi connectivity index (χ1n) is 7.99. The second-order valence-electron chi connectivity index (χ2n) is 6.06. The minimum atomic E-state index is 0.444. The maximum absolute atomic E-state index is 4.85. The highest BCUT2D eigenvalue weighted by Crippen LogP contribution is 2.24. The van der Waals surface area contributed by atoms with Crippen molar-refractivity contribution >= 4 is 5.82 Å². The zero-order chi connectivity index (χ0) is 16.0. The fourth-order valence-electron chi connectivity index (χ4n) is 2.85. The van der Waals surface area contributed by atoms with Gasteiger partial charge in [0.25, 0.3) is 0 Å². The molecule has 1 unspecified atom stereocenters. The Morgan fingerprint density at radius 1 is 1.24 bits per heavy atom. The van der Waals surface area contributed by atoms with Crippen LogP contribution in [0.15, 0.2) is 6.07 Å². The molecule has 0 saturated carbocycles. The Hall–Kier alpha value is -1.13. The maximum Gasteiger partial charge on any atom is 0.133 e. The highest BCUT2D eigenvalue weighted by molar-refractivity contribution is 5.52. The summed E-state index contributed by atoms with van der Waals surface area (Å²) >= 11 is 0. The van der Waals surface area contributed by atoms with E-state index in [-0.39, 0.29) is 0 Å². The van der Waals surface area contributed by atoms with Gasteiger partial charge in [-0.2, -0.15) is 0 Å². The number of aromatic nitrogens is 1. The predicted molar refractivity (Wildman–Crippen MR) is 92.1 cm³/mol. The van der Waals surface area contributed by atoms with Gasteiger partial charge in [0.1, 0.15) is 5.82 Å². The number of hydrogen-bond acceptors (Lipinski definition) is 4. The molecule has 0 aliphatic carbocycles. The van der Waals surface area contributed by atoms with E-state index in [2.05, 4.69) is 69.9 Å². The van der Waals surface area contributed by atoms with E-state index in [9.17, 15) is 0 Å². The van der Waals surface area contributed by atoms with E-state index in [1.54, 1.807) is 0 Å². The third kappa shape index (κ3) is 4.97. The molecule has 1 rings (SSSR count). The van der Waals surface area contributed by atoms with E-state index in [0.29, 0.717) is 6.04 Å². The Balaban J connectivity index is 3.16. The van der Waals surface area contributed by atoms with Crippen molar-refractivity contribution in [2.45, 2.75) is 47.2 Å². The first-order chi connectivity index (χ1) is 9.90. The standard InChI is InChI=1S/C17H32N4/c1-8-18-11-16-13(3)10-14(4)19-17(16)21(9-2)15(5)12-20(6)7/h10,15,18H,8-9,11-12H2,1-7H3. The number of likely N-dealkylation sites (N-methyl/N-ethyl adjacent to an activating group) is 2. The quantitative estimate of drug-likeness (QED) is 0.798. The minimum absolute atomic E-state index is 0.444. The summed E-state index contributed by atoms with van der Waals surface area (Å²) in [6, 6.07) is 2.62. The zero-order valence-electron chi connectivity index (χ0n) is 14.8. The number of anilines is 1. The summed E-state index contributed by atoms with van der Waals surface area (Å²) < 4.78 is 0. The third-order valence-electron chi connectivity index (χ3n) is 3.78. The molecule has 4 nitrogen and oxygen atoms in total. The van der Waals surface area contributed by atoms with Gasteiger partial charge in [0.2, 0.25) is 0 Å². The first kappa shape index (κ1) is 17.9. The van der Waals surface area contributed by atoms with Gasteiger partial charge in [-0.3, -0.25) is 0 Å². The summed E-state index contributed by atoms with van der Waals surface area (Å²) in [4.78, 5) is 9.51. The molecule has 0 fully saturated rings. The molecular formula is C17H32N4. The minimum Gasteiger partial charge on any atom is -0.353 e. The van der Waals surface area contributed by atoms with E-state index < -0.39 is 0 Å². The van der Waals surface area contributed by atoms with Crippen LogP contribution >= 0.6 is 0 Å². The van der Waals surface area contributed by atoms with Crippen molar-refractivity contribution in [3.8, 4) is 0 Å². The summed E-state index contributed by atoms with van der Waals surface area (Å²) in [7, 11) is 4.25.